The molecule has 0 bridgehead atoms. The molecule has 0 aliphatic heterocycles. The average Bonchev–Trinajstić information content (AvgIpc) is 2.88. The van der Waals surface area contributed by atoms with Gasteiger partial charge in [-0.1, -0.05) is 0 Å². The lowest BCUT2D eigenvalue weighted by molar-refractivity contribution is -0.120. The van der Waals surface area contributed by atoms with Gasteiger partial charge in [0, 0.05) is 13.1 Å². The molecule has 76 valence electrons. The highest BCUT2D eigenvalue weighted by Crippen LogP contribution is 2.20. The molecule has 1 aromatic heterocycles. The lowest BCUT2D eigenvalue weighted by Gasteiger charge is -2.04. The Kier molecular flexibility index (Phi) is 2.58. The van der Waals surface area contributed by atoms with Crippen molar-refractivity contribution in [2.75, 3.05) is 0 Å². The van der Waals surface area contributed by atoms with Crippen LogP contribution in [0.1, 0.15) is 18.5 Å². The molecule has 1 fully saturated rings. The molecule has 1 saturated carbocycles. The van der Waals surface area contributed by atoms with Crippen LogP contribution in [0.25, 0.3) is 0 Å². The Morgan fingerprint density at radius 2 is 2.50 bits per heavy atom. The summed E-state index contributed by atoms with van der Waals surface area (Å²) < 4.78 is 2.61. The van der Waals surface area contributed by atoms with Gasteiger partial charge in [0.05, 0.1) is 22.8 Å². The normalized spacial score (nSPS) is 15.6. The van der Waals surface area contributed by atoms with Crippen LogP contribution in [0.2, 0.25) is 0 Å². The second kappa shape index (κ2) is 3.73. The maximum absolute atomic E-state index is 11.5. The van der Waals surface area contributed by atoms with Crippen molar-refractivity contribution in [1.29, 1.82) is 0 Å². The molecule has 1 aliphatic carbocycles. The van der Waals surface area contributed by atoms with Crippen LogP contribution in [0.4, 0.5) is 0 Å². The maximum Gasteiger partial charge on any atom is 0.226 e. The van der Waals surface area contributed by atoms with Gasteiger partial charge in [-0.3, -0.25) is 9.48 Å². The van der Waals surface area contributed by atoms with Gasteiger partial charge in [-0.25, -0.2) is 0 Å². The van der Waals surface area contributed by atoms with Crippen molar-refractivity contribution in [2.45, 2.75) is 25.3 Å². The molecule has 0 aromatic carbocycles. The third-order valence-corrected chi connectivity index (χ3v) is 2.94. The number of rotatable bonds is 3. The Hall–Kier alpha value is -0.840. The first-order chi connectivity index (χ1) is 6.66. The summed E-state index contributed by atoms with van der Waals surface area (Å²) in [5.74, 6) is 0.0804. The number of aryl methyl sites for hydroxylation is 1. The number of carbonyl (C=O) groups is 1. The van der Waals surface area contributed by atoms with Gasteiger partial charge in [0.15, 0.2) is 0 Å². The van der Waals surface area contributed by atoms with E-state index in [-0.39, 0.29) is 5.91 Å². The van der Waals surface area contributed by atoms with Crippen LogP contribution in [-0.4, -0.2) is 21.7 Å². The summed E-state index contributed by atoms with van der Waals surface area (Å²) in [6.45, 7) is 0. The average molecular weight is 258 g/mol. The smallest absolute Gasteiger partial charge is 0.226 e. The van der Waals surface area contributed by atoms with Crippen LogP contribution in [0, 0.1) is 0 Å². The highest BCUT2D eigenvalue weighted by atomic mass is 79.9. The molecule has 0 saturated heterocycles. The first-order valence-electron chi connectivity index (χ1n) is 4.62. The molecule has 1 N–H and O–H groups in total. The van der Waals surface area contributed by atoms with E-state index < -0.39 is 0 Å². The number of nitrogens with one attached hydrogen (secondary N) is 1. The standard InChI is InChI=1S/C9H12BrN3O/c1-13-8(7(10)5-11-13)4-9(14)12-6-2-3-6/h5-6H,2-4H2,1H3,(H,12,14). The minimum Gasteiger partial charge on any atom is -0.353 e. The third-order valence-electron chi connectivity index (χ3n) is 2.28. The topological polar surface area (TPSA) is 46.9 Å². The van der Waals surface area contributed by atoms with Crippen molar-refractivity contribution >= 4 is 21.8 Å². The molecule has 2 rings (SSSR count). The van der Waals surface area contributed by atoms with E-state index in [0.717, 1.165) is 23.0 Å². The van der Waals surface area contributed by atoms with E-state index in [2.05, 4.69) is 26.3 Å². The van der Waals surface area contributed by atoms with E-state index in [1.165, 1.54) is 0 Å². The van der Waals surface area contributed by atoms with E-state index in [1.54, 1.807) is 10.9 Å². The van der Waals surface area contributed by atoms with Crippen molar-refractivity contribution < 1.29 is 4.79 Å². The summed E-state index contributed by atoms with van der Waals surface area (Å²) in [5.41, 5.74) is 0.920. The van der Waals surface area contributed by atoms with Crippen molar-refractivity contribution in [3.63, 3.8) is 0 Å². The third kappa shape index (κ3) is 2.15. The minimum absolute atomic E-state index is 0.0804. The van der Waals surface area contributed by atoms with Crippen LogP contribution in [0.15, 0.2) is 10.7 Å². The fourth-order valence-electron chi connectivity index (χ4n) is 1.29. The summed E-state index contributed by atoms with van der Waals surface area (Å²) >= 11 is 3.36. The molecule has 0 atom stereocenters. The Labute approximate surface area is 90.8 Å². The lowest BCUT2D eigenvalue weighted by atomic mass is 10.3. The second-order valence-corrected chi connectivity index (χ2v) is 4.44. The Morgan fingerprint density at radius 3 is 3.00 bits per heavy atom. The molecular weight excluding hydrogens is 246 g/mol. The highest BCUT2D eigenvalue weighted by molar-refractivity contribution is 9.10. The van der Waals surface area contributed by atoms with Crippen molar-refractivity contribution in [3.05, 3.63) is 16.4 Å². The summed E-state index contributed by atoms with van der Waals surface area (Å²) in [5, 5.41) is 7.00. The van der Waals surface area contributed by atoms with E-state index in [1.807, 2.05) is 7.05 Å². The van der Waals surface area contributed by atoms with Crippen molar-refractivity contribution in [1.82, 2.24) is 15.1 Å². The monoisotopic (exact) mass is 257 g/mol. The predicted octanol–water partition coefficient (Wildman–Crippen LogP) is 1.00. The molecule has 1 heterocycles. The van der Waals surface area contributed by atoms with Crippen LogP contribution in [-0.2, 0) is 18.3 Å². The fraction of sp³-hybridized carbons (Fsp3) is 0.556. The number of nitrogens with zero attached hydrogens (tertiary/aromatic N) is 2. The molecule has 0 unspecified atom stereocenters. The van der Waals surface area contributed by atoms with E-state index >= 15 is 0 Å². The van der Waals surface area contributed by atoms with Crippen molar-refractivity contribution in [2.24, 2.45) is 7.05 Å². The predicted molar refractivity (Wildman–Crippen MR) is 55.8 cm³/mol. The second-order valence-electron chi connectivity index (χ2n) is 3.58. The Morgan fingerprint density at radius 1 is 1.79 bits per heavy atom. The molecule has 14 heavy (non-hydrogen) atoms. The van der Waals surface area contributed by atoms with E-state index in [9.17, 15) is 4.79 Å². The van der Waals surface area contributed by atoms with E-state index in [4.69, 9.17) is 0 Å². The SMILES string of the molecule is Cn1ncc(Br)c1CC(=O)NC1CC1. The number of halogens is 1. The number of amides is 1. The molecule has 0 spiro atoms. The van der Waals surface area contributed by atoms with Crippen LogP contribution >= 0.6 is 15.9 Å². The zero-order valence-electron chi connectivity index (χ0n) is 7.96. The fourth-order valence-corrected chi connectivity index (χ4v) is 1.78. The van der Waals surface area contributed by atoms with Crippen LogP contribution in [0.3, 0.4) is 0 Å². The van der Waals surface area contributed by atoms with Crippen molar-refractivity contribution in [3.8, 4) is 0 Å². The Bertz CT molecular complexity index is 337. The lowest BCUT2D eigenvalue weighted by Crippen LogP contribution is -2.27. The zero-order chi connectivity index (χ0) is 10.1. The number of hydrogen-bond donors (Lipinski definition) is 1. The molecule has 1 aliphatic rings. The van der Waals surface area contributed by atoms with Gasteiger partial charge in [0.2, 0.25) is 5.91 Å². The van der Waals surface area contributed by atoms with Gasteiger partial charge in [-0.2, -0.15) is 5.10 Å². The number of hydrogen-bond acceptors (Lipinski definition) is 2. The molecular formula is C9H12BrN3O. The first-order valence-corrected chi connectivity index (χ1v) is 5.42. The molecule has 5 heteroatoms. The maximum atomic E-state index is 11.5. The molecule has 4 nitrogen and oxygen atoms in total. The zero-order valence-corrected chi connectivity index (χ0v) is 9.54. The van der Waals surface area contributed by atoms with E-state index in [0.29, 0.717) is 12.5 Å². The van der Waals surface area contributed by atoms with Gasteiger partial charge in [-0.15, -0.1) is 0 Å². The first kappa shape index (κ1) is 9.71. The van der Waals surface area contributed by atoms with Gasteiger partial charge in [-0.05, 0) is 28.8 Å². The van der Waals surface area contributed by atoms with Crippen LogP contribution < -0.4 is 5.32 Å². The Balaban J connectivity index is 1.98. The van der Waals surface area contributed by atoms with Gasteiger partial charge < -0.3 is 5.32 Å². The summed E-state index contributed by atoms with van der Waals surface area (Å²) in [4.78, 5) is 11.5. The highest BCUT2D eigenvalue weighted by Gasteiger charge is 2.23. The summed E-state index contributed by atoms with van der Waals surface area (Å²) in [7, 11) is 1.84. The van der Waals surface area contributed by atoms with Gasteiger partial charge in [0.25, 0.3) is 0 Å². The van der Waals surface area contributed by atoms with Gasteiger partial charge in [0.1, 0.15) is 0 Å². The summed E-state index contributed by atoms with van der Waals surface area (Å²) in [6.07, 6.45) is 4.35. The molecule has 1 amide bonds. The largest absolute Gasteiger partial charge is 0.353 e. The molecule has 0 radical (unpaired) electrons. The summed E-state index contributed by atoms with van der Waals surface area (Å²) in [6, 6.07) is 0.425. The van der Waals surface area contributed by atoms with Gasteiger partial charge >= 0.3 is 0 Å². The number of aromatic nitrogens is 2. The minimum atomic E-state index is 0.0804. The quantitative estimate of drug-likeness (QED) is 0.879. The van der Waals surface area contributed by atoms with Crippen LogP contribution in [0.5, 0.6) is 0 Å². The molecule has 1 aromatic rings. The number of carbonyl (C=O) groups excluding carboxylic acids is 1.